The molecule has 6 heteroatoms. The van der Waals surface area contributed by atoms with Gasteiger partial charge in [0.05, 0.1) is 16.2 Å². The van der Waals surface area contributed by atoms with Gasteiger partial charge in [-0.1, -0.05) is 23.9 Å². The summed E-state index contributed by atoms with van der Waals surface area (Å²) in [6.45, 7) is 1.88. The monoisotopic (exact) mass is 329 g/mol. The van der Waals surface area contributed by atoms with Gasteiger partial charge in [0.2, 0.25) is 5.91 Å². The quantitative estimate of drug-likeness (QED) is 0.676. The van der Waals surface area contributed by atoms with Crippen molar-refractivity contribution in [3.8, 4) is 0 Å². The van der Waals surface area contributed by atoms with Gasteiger partial charge >= 0.3 is 0 Å². The molecule has 5 nitrogen and oxygen atoms in total. The molecule has 4 rings (SSSR count). The topological polar surface area (TPSA) is 64.0 Å². The van der Waals surface area contributed by atoms with Crippen LogP contribution >= 0.6 is 11.8 Å². The first-order chi connectivity index (χ1) is 11.1. The molecule has 2 saturated carbocycles. The Bertz CT molecular complexity index is 824. The molecule has 1 amide bonds. The smallest absolute Gasteiger partial charge is 0.262 e. The molecule has 1 atom stereocenters. The van der Waals surface area contributed by atoms with Crippen LogP contribution in [0, 0.1) is 0 Å². The molecule has 0 aliphatic heterocycles. The molecular weight excluding hydrogens is 310 g/mol. The van der Waals surface area contributed by atoms with E-state index in [-0.39, 0.29) is 22.8 Å². The van der Waals surface area contributed by atoms with Crippen LogP contribution in [0.5, 0.6) is 0 Å². The van der Waals surface area contributed by atoms with Crippen molar-refractivity contribution < 1.29 is 4.79 Å². The molecule has 2 aliphatic carbocycles. The highest BCUT2D eigenvalue weighted by molar-refractivity contribution is 8.00. The van der Waals surface area contributed by atoms with Crippen molar-refractivity contribution in [1.82, 2.24) is 14.9 Å². The summed E-state index contributed by atoms with van der Waals surface area (Å²) in [5, 5.41) is 4.07. The van der Waals surface area contributed by atoms with Gasteiger partial charge in [0.15, 0.2) is 5.16 Å². The zero-order valence-electron chi connectivity index (χ0n) is 13.0. The number of amides is 1. The first-order valence-electron chi connectivity index (χ1n) is 8.12. The highest BCUT2D eigenvalue weighted by atomic mass is 32.2. The summed E-state index contributed by atoms with van der Waals surface area (Å²) >= 11 is 1.39. The van der Waals surface area contributed by atoms with E-state index in [0.717, 1.165) is 25.7 Å². The number of nitrogens with zero attached hydrogens (tertiary/aromatic N) is 2. The number of nitrogens with one attached hydrogen (secondary N) is 1. The number of aromatic nitrogens is 2. The number of hydrogen-bond acceptors (Lipinski definition) is 4. The van der Waals surface area contributed by atoms with Crippen molar-refractivity contribution in [1.29, 1.82) is 0 Å². The van der Waals surface area contributed by atoms with E-state index >= 15 is 0 Å². The fraction of sp³-hybridized carbons (Fsp3) is 0.471. The second-order valence-corrected chi connectivity index (χ2v) is 7.67. The summed E-state index contributed by atoms with van der Waals surface area (Å²) in [5.74, 6) is 0.0299. The summed E-state index contributed by atoms with van der Waals surface area (Å²) in [7, 11) is 0. The predicted octanol–water partition coefficient (Wildman–Crippen LogP) is 2.49. The molecule has 2 aromatic rings. The molecule has 2 fully saturated rings. The lowest BCUT2D eigenvalue weighted by molar-refractivity contribution is -0.120. The van der Waals surface area contributed by atoms with Crippen LogP contribution in [-0.4, -0.2) is 26.8 Å². The van der Waals surface area contributed by atoms with Gasteiger partial charge in [0.25, 0.3) is 5.56 Å². The number of benzene rings is 1. The lowest BCUT2D eigenvalue weighted by Crippen LogP contribution is -2.33. The molecule has 1 heterocycles. The highest BCUT2D eigenvalue weighted by Crippen LogP contribution is 2.37. The Kier molecular flexibility index (Phi) is 3.64. The fourth-order valence-corrected chi connectivity index (χ4v) is 3.61. The third-order valence-electron chi connectivity index (χ3n) is 4.26. The van der Waals surface area contributed by atoms with Crippen LogP contribution in [0.15, 0.2) is 34.2 Å². The molecule has 0 saturated heterocycles. The molecule has 1 aromatic heterocycles. The maximum atomic E-state index is 12.8. The molecule has 2 aliphatic rings. The minimum absolute atomic E-state index is 0.00963. The van der Waals surface area contributed by atoms with Gasteiger partial charge in [-0.2, -0.15) is 0 Å². The maximum Gasteiger partial charge on any atom is 0.262 e. The second kappa shape index (κ2) is 5.67. The summed E-state index contributed by atoms with van der Waals surface area (Å²) in [6, 6.07) is 8.00. The van der Waals surface area contributed by atoms with Gasteiger partial charge in [-0.3, -0.25) is 14.2 Å². The summed E-state index contributed by atoms with van der Waals surface area (Å²) < 4.78 is 1.79. The van der Waals surface area contributed by atoms with E-state index in [1.165, 1.54) is 11.8 Å². The Hall–Kier alpha value is -1.82. The zero-order valence-corrected chi connectivity index (χ0v) is 13.8. The van der Waals surface area contributed by atoms with Crippen molar-refractivity contribution in [2.75, 3.05) is 0 Å². The molecule has 120 valence electrons. The number of carbonyl (C=O) groups excluding carboxylic acids is 1. The van der Waals surface area contributed by atoms with Crippen LogP contribution in [-0.2, 0) is 4.79 Å². The average Bonchev–Trinajstić information content (AvgIpc) is 3.42. The Morgan fingerprint density at radius 2 is 2.04 bits per heavy atom. The van der Waals surface area contributed by atoms with Gasteiger partial charge in [-0.05, 0) is 44.7 Å². The molecular formula is C17H19N3O2S. The third-order valence-corrected chi connectivity index (χ3v) is 5.33. The van der Waals surface area contributed by atoms with E-state index in [4.69, 9.17) is 0 Å². The first-order valence-corrected chi connectivity index (χ1v) is 9.00. The van der Waals surface area contributed by atoms with E-state index in [1.807, 2.05) is 31.2 Å². The van der Waals surface area contributed by atoms with Crippen molar-refractivity contribution in [2.24, 2.45) is 0 Å². The Balaban J connectivity index is 1.68. The van der Waals surface area contributed by atoms with Gasteiger partial charge in [0.1, 0.15) is 0 Å². The van der Waals surface area contributed by atoms with Crippen molar-refractivity contribution in [3.05, 3.63) is 34.6 Å². The van der Waals surface area contributed by atoms with Gasteiger partial charge in [-0.15, -0.1) is 0 Å². The minimum Gasteiger partial charge on any atom is -0.352 e. The molecule has 23 heavy (non-hydrogen) atoms. The largest absolute Gasteiger partial charge is 0.352 e. The van der Waals surface area contributed by atoms with E-state index in [1.54, 1.807) is 4.57 Å². The minimum atomic E-state index is -0.256. The number of rotatable bonds is 5. The SMILES string of the molecule is CC(Sc1nc2ccccc2c(=O)n1C1CC1)C(=O)NC1CC1. The lowest BCUT2D eigenvalue weighted by atomic mass is 10.2. The average molecular weight is 329 g/mol. The number of para-hydroxylation sites is 1. The first kappa shape index (κ1) is 14.8. The summed E-state index contributed by atoms with van der Waals surface area (Å²) in [6.07, 6.45) is 4.17. The van der Waals surface area contributed by atoms with Crippen LogP contribution < -0.4 is 10.9 Å². The van der Waals surface area contributed by atoms with Crippen LogP contribution in [0.4, 0.5) is 0 Å². The van der Waals surface area contributed by atoms with E-state index < -0.39 is 0 Å². The van der Waals surface area contributed by atoms with Gasteiger partial charge < -0.3 is 5.32 Å². The van der Waals surface area contributed by atoms with E-state index in [9.17, 15) is 9.59 Å². The van der Waals surface area contributed by atoms with E-state index in [0.29, 0.717) is 22.1 Å². The molecule has 0 spiro atoms. The third kappa shape index (κ3) is 3.00. The highest BCUT2D eigenvalue weighted by Gasteiger charge is 2.31. The zero-order chi connectivity index (χ0) is 16.0. The van der Waals surface area contributed by atoms with Crippen LogP contribution in [0.25, 0.3) is 10.9 Å². The van der Waals surface area contributed by atoms with Gasteiger partial charge in [-0.25, -0.2) is 4.98 Å². The Morgan fingerprint density at radius 1 is 1.30 bits per heavy atom. The van der Waals surface area contributed by atoms with Crippen molar-refractivity contribution in [2.45, 2.75) is 55.1 Å². The second-order valence-electron chi connectivity index (χ2n) is 6.36. The number of carbonyl (C=O) groups is 1. The standard InChI is InChI=1S/C17H19N3O2S/c1-10(15(21)18-11-6-7-11)23-17-19-14-5-3-2-4-13(14)16(22)20(17)12-8-9-12/h2-5,10-12H,6-9H2,1H3,(H,18,21). The number of fused-ring (bicyclic) bond motifs is 1. The fourth-order valence-electron chi connectivity index (χ4n) is 2.62. The van der Waals surface area contributed by atoms with Gasteiger partial charge in [0, 0.05) is 12.1 Å². The van der Waals surface area contributed by atoms with E-state index in [2.05, 4.69) is 10.3 Å². The van der Waals surface area contributed by atoms with Crippen molar-refractivity contribution in [3.63, 3.8) is 0 Å². The summed E-state index contributed by atoms with van der Waals surface area (Å²) in [5.41, 5.74) is 0.710. The normalized spacial score (nSPS) is 18.8. The number of thioether (sulfide) groups is 1. The Morgan fingerprint density at radius 3 is 2.74 bits per heavy atom. The number of hydrogen-bond donors (Lipinski definition) is 1. The van der Waals surface area contributed by atoms with Crippen LogP contribution in [0.3, 0.4) is 0 Å². The molecule has 1 N–H and O–H groups in total. The summed E-state index contributed by atoms with van der Waals surface area (Å²) in [4.78, 5) is 29.6. The predicted molar refractivity (Wildman–Crippen MR) is 90.8 cm³/mol. The van der Waals surface area contributed by atoms with Crippen LogP contribution in [0.2, 0.25) is 0 Å². The molecule has 1 aromatic carbocycles. The molecule has 0 bridgehead atoms. The maximum absolute atomic E-state index is 12.8. The van der Waals surface area contributed by atoms with Crippen molar-refractivity contribution >= 4 is 28.6 Å². The molecule has 0 radical (unpaired) electrons. The lowest BCUT2D eigenvalue weighted by Gasteiger charge is -2.15. The Labute approximate surface area is 138 Å². The molecule has 1 unspecified atom stereocenters. The van der Waals surface area contributed by atoms with Crippen LogP contribution in [0.1, 0.15) is 38.6 Å².